The van der Waals surface area contributed by atoms with E-state index in [0.29, 0.717) is 12.2 Å². The third-order valence-electron chi connectivity index (χ3n) is 2.16. The van der Waals surface area contributed by atoms with Crippen LogP contribution >= 0.6 is 11.3 Å². The van der Waals surface area contributed by atoms with Gasteiger partial charge in [0.2, 0.25) is 0 Å². The summed E-state index contributed by atoms with van der Waals surface area (Å²) in [6.07, 6.45) is 2.64. The molecule has 0 radical (unpaired) electrons. The van der Waals surface area contributed by atoms with Crippen molar-refractivity contribution in [2.45, 2.75) is 13.3 Å². The number of carbonyl (C=O) groups excluding carboxylic acids is 1. The average molecular weight is 247 g/mol. The second-order valence-corrected chi connectivity index (χ2v) is 4.37. The highest BCUT2D eigenvalue weighted by Gasteiger charge is 2.11. The van der Waals surface area contributed by atoms with Crippen LogP contribution in [0.5, 0.6) is 0 Å². The van der Waals surface area contributed by atoms with E-state index in [0.717, 1.165) is 17.1 Å². The van der Waals surface area contributed by atoms with E-state index in [2.05, 4.69) is 15.3 Å². The minimum Gasteiger partial charge on any atom is -0.351 e. The molecule has 0 aromatic carbocycles. The van der Waals surface area contributed by atoms with Gasteiger partial charge in [0, 0.05) is 18.1 Å². The Kier molecular flexibility index (Phi) is 3.82. The van der Waals surface area contributed by atoms with Gasteiger partial charge in [-0.3, -0.25) is 9.78 Å². The first-order valence-corrected chi connectivity index (χ1v) is 6.34. The molecule has 0 aliphatic rings. The summed E-state index contributed by atoms with van der Waals surface area (Å²) < 4.78 is 0. The van der Waals surface area contributed by atoms with Crippen LogP contribution in [0.25, 0.3) is 10.7 Å². The van der Waals surface area contributed by atoms with Gasteiger partial charge in [-0.15, -0.1) is 11.3 Å². The lowest BCUT2D eigenvalue weighted by Crippen LogP contribution is -2.24. The summed E-state index contributed by atoms with van der Waals surface area (Å²) in [6, 6.07) is 5.64. The fourth-order valence-corrected chi connectivity index (χ4v) is 2.09. The molecular formula is C12H13N3OS. The molecule has 5 heteroatoms. The molecule has 0 aliphatic heterocycles. The minimum absolute atomic E-state index is 0.120. The summed E-state index contributed by atoms with van der Waals surface area (Å²) in [5, 5.41) is 5.33. The van der Waals surface area contributed by atoms with Crippen LogP contribution in [0.15, 0.2) is 29.8 Å². The monoisotopic (exact) mass is 247 g/mol. The minimum atomic E-state index is -0.120. The number of pyridine rings is 1. The van der Waals surface area contributed by atoms with E-state index in [1.807, 2.05) is 25.1 Å². The zero-order valence-electron chi connectivity index (χ0n) is 9.51. The number of hydrogen-bond donors (Lipinski definition) is 1. The number of hydrogen-bond acceptors (Lipinski definition) is 4. The number of thiazole rings is 1. The number of carbonyl (C=O) groups is 1. The van der Waals surface area contributed by atoms with Gasteiger partial charge in [0.15, 0.2) is 0 Å². The lowest BCUT2D eigenvalue weighted by Gasteiger charge is -1.98. The molecule has 0 spiro atoms. The zero-order chi connectivity index (χ0) is 12.1. The van der Waals surface area contributed by atoms with Crippen LogP contribution in [0.3, 0.4) is 0 Å². The maximum Gasteiger partial charge on any atom is 0.270 e. The molecular weight excluding hydrogens is 234 g/mol. The Balaban J connectivity index is 2.14. The quantitative estimate of drug-likeness (QED) is 0.902. The summed E-state index contributed by atoms with van der Waals surface area (Å²) in [5.41, 5.74) is 1.26. The summed E-state index contributed by atoms with van der Waals surface area (Å²) in [7, 11) is 0. The number of nitrogens with zero attached hydrogens (tertiary/aromatic N) is 2. The first kappa shape index (κ1) is 11.7. The van der Waals surface area contributed by atoms with Crippen molar-refractivity contribution in [3.8, 4) is 10.7 Å². The van der Waals surface area contributed by atoms with E-state index in [-0.39, 0.29) is 5.91 Å². The molecule has 4 nitrogen and oxygen atoms in total. The molecule has 0 unspecified atom stereocenters. The normalized spacial score (nSPS) is 10.2. The number of aromatic nitrogens is 2. The van der Waals surface area contributed by atoms with Gasteiger partial charge in [0.05, 0.1) is 5.69 Å². The van der Waals surface area contributed by atoms with E-state index >= 15 is 0 Å². The molecule has 0 atom stereocenters. The molecule has 2 heterocycles. The molecule has 1 amide bonds. The van der Waals surface area contributed by atoms with Gasteiger partial charge in [0.25, 0.3) is 5.91 Å². The SMILES string of the molecule is CCCNC(=O)c1csc(-c2ccccn2)n1. The Morgan fingerprint density at radius 1 is 1.47 bits per heavy atom. The molecule has 0 fully saturated rings. The van der Waals surface area contributed by atoms with Crippen LogP contribution in [0, 0.1) is 0 Å². The second-order valence-electron chi connectivity index (χ2n) is 3.51. The molecule has 0 aliphatic carbocycles. The summed E-state index contributed by atoms with van der Waals surface area (Å²) in [5.74, 6) is -0.120. The lowest BCUT2D eigenvalue weighted by atomic mass is 10.3. The van der Waals surface area contributed by atoms with E-state index < -0.39 is 0 Å². The largest absolute Gasteiger partial charge is 0.351 e. The zero-order valence-corrected chi connectivity index (χ0v) is 10.3. The second kappa shape index (κ2) is 5.54. The third kappa shape index (κ3) is 2.88. The molecule has 0 saturated carbocycles. The Morgan fingerprint density at radius 2 is 2.35 bits per heavy atom. The van der Waals surface area contributed by atoms with Crippen molar-refractivity contribution >= 4 is 17.2 Å². The fraction of sp³-hybridized carbons (Fsp3) is 0.250. The van der Waals surface area contributed by atoms with Gasteiger partial charge < -0.3 is 5.32 Å². The molecule has 2 aromatic heterocycles. The predicted octanol–water partition coefficient (Wildman–Crippen LogP) is 2.34. The van der Waals surface area contributed by atoms with Gasteiger partial charge in [-0.05, 0) is 18.6 Å². The first-order chi connectivity index (χ1) is 8.31. The highest BCUT2D eigenvalue weighted by Crippen LogP contribution is 2.21. The van der Waals surface area contributed by atoms with Crippen LogP contribution in [-0.4, -0.2) is 22.4 Å². The van der Waals surface area contributed by atoms with E-state index in [1.54, 1.807) is 11.6 Å². The molecule has 0 saturated heterocycles. The highest BCUT2D eigenvalue weighted by molar-refractivity contribution is 7.13. The lowest BCUT2D eigenvalue weighted by molar-refractivity contribution is 0.0949. The van der Waals surface area contributed by atoms with Crippen molar-refractivity contribution in [3.63, 3.8) is 0 Å². The molecule has 2 rings (SSSR count). The van der Waals surface area contributed by atoms with Crippen molar-refractivity contribution in [3.05, 3.63) is 35.5 Å². The average Bonchev–Trinajstić information content (AvgIpc) is 2.86. The van der Waals surface area contributed by atoms with Crippen molar-refractivity contribution in [1.29, 1.82) is 0 Å². The van der Waals surface area contributed by atoms with Gasteiger partial charge in [-0.2, -0.15) is 0 Å². The van der Waals surface area contributed by atoms with Crippen molar-refractivity contribution in [1.82, 2.24) is 15.3 Å². The van der Waals surface area contributed by atoms with Crippen molar-refractivity contribution in [2.75, 3.05) is 6.54 Å². The van der Waals surface area contributed by atoms with Gasteiger partial charge in [-0.1, -0.05) is 13.0 Å². The smallest absolute Gasteiger partial charge is 0.270 e. The molecule has 1 N–H and O–H groups in total. The van der Waals surface area contributed by atoms with Crippen LogP contribution in [-0.2, 0) is 0 Å². The number of amides is 1. The number of rotatable bonds is 4. The van der Waals surface area contributed by atoms with Crippen LogP contribution in [0.4, 0.5) is 0 Å². The number of nitrogens with one attached hydrogen (secondary N) is 1. The van der Waals surface area contributed by atoms with E-state index in [4.69, 9.17) is 0 Å². The Bertz CT molecular complexity index is 495. The maximum atomic E-state index is 11.7. The Hall–Kier alpha value is -1.75. The summed E-state index contributed by atoms with van der Waals surface area (Å²) in [6.45, 7) is 2.69. The summed E-state index contributed by atoms with van der Waals surface area (Å²) >= 11 is 1.43. The van der Waals surface area contributed by atoms with Crippen LogP contribution in [0.1, 0.15) is 23.8 Å². The Morgan fingerprint density at radius 3 is 3.06 bits per heavy atom. The first-order valence-electron chi connectivity index (χ1n) is 5.46. The third-order valence-corrected chi connectivity index (χ3v) is 3.02. The van der Waals surface area contributed by atoms with Crippen LogP contribution < -0.4 is 5.32 Å². The molecule has 0 bridgehead atoms. The molecule has 88 valence electrons. The summed E-state index contributed by atoms with van der Waals surface area (Å²) in [4.78, 5) is 20.1. The standard InChI is InChI=1S/C12H13N3OS/c1-2-6-14-11(16)10-8-17-12(15-10)9-5-3-4-7-13-9/h3-5,7-8H,2,6H2,1H3,(H,14,16). The Labute approximate surface area is 104 Å². The topological polar surface area (TPSA) is 54.9 Å². The molecule has 17 heavy (non-hydrogen) atoms. The maximum absolute atomic E-state index is 11.7. The highest BCUT2D eigenvalue weighted by atomic mass is 32.1. The predicted molar refractivity (Wildman–Crippen MR) is 68.0 cm³/mol. The van der Waals surface area contributed by atoms with E-state index in [9.17, 15) is 4.79 Å². The van der Waals surface area contributed by atoms with Gasteiger partial charge in [0.1, 0.15) is 10.7 Å². The van der Waals surface area contributed by atoms with Crippen LogP contribution in [0.2, 0.25) is 0 Å². The molecule has 2 aromatic rings. The fourth-order valence-electron chi connectivity index (χ4n) is 1.31. The van der Waals surface area contributed by atoms with Crippen molar-refractivity contribution in [2.24, 2.45) is 0 Å². The van der Waals surface area contributed by atoms with Gasteiger partial charge in [-0.25, -0.2) is 4.98 Å². The van der Waals surface area contributed by atoms with Gasteiger partial charge >= 0.3 is 0 Å². The van der Waals surface area contributed by atoms with Crippen molar-refractivity contribution < 1.29 is 4.79 Å². The van der Waals surface area contributed by atoms with E-state index in [1.165, 1.54) is 11.3 Å².